The van der Waals surface area contributed by atoms with Gasteiger partial charge in [0.2, 0.25) is 0 Å². The minimum Gasteiger partial charge on any atom is -0.383 e. The van der Waals surface area contributed by atoms with E-state index in [0.717, 1.165) is 23.6 Å². The minimum absolute atomic E-state index is 0.299. The molecule has 1 unspecified atom stereocenters. The Morgan fingerprint density at radius 1 is 1.32 bits per heavy atom. The number of nitrogens with zero attached hydrogens (tertiary/aromatic N) is 2. The van der Waals surface area contributed by atoms with Crippen molar-refractivity contribution in [1.29, 1.82) is 0 Å². The van der Waals surface area contributed by atoms with E-state index in [4.69, 9.17) is 21.3 Å². The fourth-order valence-electron chi connectivity index (χ4n) is 2.14. The van der Waals surface area contributed by atoms with Crippen LogP contribution < -0.4 is 4.90 Å². The third-order valence-corrected chi connectivity index (χ3v) is 3.52. The van der Waals surface area contributed by atoms with Gasteiger partial charge in [0.25, 0.3) is 0 Å². The monoisotopic (exact) mass is 284 g/mol. The molecule has 19 heavy (non-hydrogen) atoms. The fraction of sp³-hybridized carbons (Fsp3) is 0.667. The summed E-state index contributed by atoms with van der Waals surface area (Å²) in [7, 11) is 1.73. The van der Waals surface area contributed by atoms with Crippen molar-refractivity contribution in [2.75, 3.05) is 25.2 Å². The summed E-state index contributed by atoms with van der Waals surface area (Å²) in [6, 6.07) is 4.47. The Labute approximate surface area is 121 Å². The molecular weight excluding hydrogens is 260 g/mol. The largest absolute Gasteiger partial charge is 0.383 e. The average molecular weight is 285 g/mol. The SMILES string of the molecule is CCN(c1cc(CCl)cc(C(C)C)n1)C(C)COC. The van der Waals surface area contributed by atoms with Gasteiger partial charge in [-0.15, -0.1) is 11.6 Å². The van der Waals surface area contributed by atoms with Gasteiger partial charge in [0, 0.05) is 25.2 Å². The lowest BCUT2D eigenvalue weighted by Crippen LogP contribution is -2.37. The van der Waals surface area contributed by atoms with Gasteiger partial charge in [0.15, 0.2) is 0 Å². The van der Waals surface area contributed by atoms with Gasteiger partial charge in [0.1, 0.15) is 5.82 Å². The van der Waals surface area contributed by atoms with Crippen LogP contribution in [0.4, 0.5) is 5.82 Å². The van der Waals surface area contributed by atoms with Crippen LogP contribution in [0.15, 0.2) is 12.1 Å². The number of anilines is 1. The van der Waals surface area contributed by atoms with Gasteiger partial charge in [-0.3, -0.25) is 0 Å². The number of methoxy groups -OCH3 is 1. The van der Waals surface area contributed by atoms with E-state index in [-0.39, 0.29) is 0 Å². The maximum Gasteiger partial charge on any atom is 0.129 e. The molecule has 0 radical (unpaired) electrons. The Morgan fingerprint density at radius 2 is 2.00 bits per heavy atom. The first-order valence-electron chi connectivity index (χ1n) is 6.85. The smallest absolute Gasteiger partial charge is 0.129 e. The molecule has 1 atom stereocenters. The number of pyridine rings is 1. The van der Waals surface area contributed by atoms with Crippen molar-refractivity contribution < 1.29 is 4.74 Å². The number of hydrogen-bond acceptors (Lipinski definition) is 3. The maximum atomic E-state index is 5.99. The Hall–Kier alpha value is -0.800. The van der Waals surface area contributed by atoms with Gasteiger partial charge in [-0.25, -0.2) is 4.98 Å². The first kappa shape index (κ1) is 16.3. The molecule has 1 rings (SSSR count). The molecule has 0 aromatic carbocycles. The van der Waals surface area contributed by atoms with Crippen LogP contribution in [0, 0.1) is 0 Å². The first-order valence-corrected chi connectivity index (χ1v) is 7.39. The van der Waals surface area contributed by atoms with E-state index in [1.54, 1.807) is 7.11 Å². The molecule has 0 N–H and O–H groups in total. The predicted octanol–water partition coefficient (Wildman–Crippen LogP) is 3.81. The second-order valence-corrected chi connectivity index (χ2v) is 5.40. The van der Waals surface area contributed by atoms with Crippen molar-refractivity contribution in [2.45, 2.75) is 45.5 Å². The number of alkyl halides is 1. The zero-order valence-electron chi connectivity index (χ0n) is 12.6. The molecular formula is C15H25ClN2O. The van der Waals surface area contributed by atoms with Crippen LogP contribution >= 0.6 is 11.6 Å². The zero-order valence-corrected chi connectivity index (χ0v) is 13.4. The van der Waals surface area contributed by atoms with Crippen molar-refractivity contribution in [3.05, 3.63) is 23.4 Å². The highest BCUT2D eigenvalue weighted by atomic mass is 35.5. The third-order valence-electron chi connectivity index (χ3n) is 3.21. The summed E-state index contributed by atoms with van der Waals surface area (Å²) in [5.74, 6) is 1.91. The molecule has 0 aliphatic rings. The van der Waals surface area contributed by atoms with E-state index in [2.05, 4.69) is 44.7 Å². The highest BCUT2D eigenvalue weighted by Gasteiger charge is 2.16. The number of ether oxygens (including phenoxy) is 1. The normalized spacial score (nSPS) is 12.8. The Balaban J connectivity index is 3.11. The van der Waals surface area contributed by atoms with E-state index < -0.39 is 0 Å². The highest BCUT2D eigenvalue weighted by molar-refractivity contribution is 6.17. The van der Waals surface area contributed by atoms with Crippen molar-refractivity contribution >= 4 is 17.4 Å². The Kier molecular flexibility index (Phi) is 6.59. The molecule has 1 aromatic rings. The predicted molar refractivity (Wildman–Crippen MR) is 82.2 cm³/mol. The summed E-state index contributed by atoms with van der Waals surface area (Å²) < 4.78 is 5.25. The lowest BCUT2D eigenvalue weighted by atomic mass is 10.1. The second-order valence-electron chi connectivity index (χ2n) is 5.14. The number of aromatic nitrogens is 1. The van der Waals surface area contributed by atoms with Crippen molar-refractivity contribution in [1.82, 2.24) is 4.98 Å². The van der Waals surface area contributed by atoms with Crippen LogP contribution in [-0.4, -0.2) is 31.3 Å². The molecule has 0 saturated carbocycles. The number of rotatable bonds is 7. The van der Waals surface area contributed by atoms with E-state index >= 15 is 0 Å². The maximum absolute atomic E-state index is 5.99. The van der Waals surface area contributed by atoms with Crippen molar-refractivity contribution in [2.24, 2.45) is 0 Å². The molecule has 3 nitrogen and oxygen atoms in total. The van der Waals surface area contributed by atoms with Gasteiger partial charge in [-0.05, 0) is 37.5 Å². The minimum atomic E-state index is 0.299. The summed E-state index contributed by atoms with van der Waals surface area (Å²) in [4.78, 5) is 7.02. The molecule has 4 heteroatoms. The van der Waals surface area contributed by atoms with Gasteiger partial charge in [-0.1, -0.05) is 13.8 Å². The molecule has 1 heterocycles. The molecule has 0 saturated heterocycles. The molecule has 0 spiro atoms. The lowest BCUT2D eigenvalue weighted by molar-refractivity contribution is 0.181. The van der Waals surface area contributed by atoms with Crippen LogP contribution in [0.1, 0.15) is 44.9 Å². The van der Waals surface area contributed by atoms with Gasteiger partial charge >= 0.3 is 0 Å². The van der Waals surface area contributed by atoms with Crippen LogP contribution in [-0.2, 0) is 10.6 Å². The second kappa shape index (κ2) is 7.71. The van der Waals surface area contributed by atoms with E-state index in [0.29, 0.717) is 24.4 Å². The Bertz CT molecular complexity index is 396. The highest BCUT2D eigenvalue weighted by Crippen LogP contribution is 2.22. The molecule has 0 bridgehead atoms. The lowest BCUT2D eigenvalue weighted by Gasteiger charge is -2.29. The molecule has 0 aliphatic carbocycles. The molecule has 108 valence electrons. The molecule has 0 fully saturated rings. The van der Waals surface area contributed by atoms with Crippen LogP contribution in [0.2, 0.25) is 0 Å². The van der Waals surface area contributed by atoms with Gasteiger partial charge < -0.3 is 9.64 Å². The first-order chi connectivity index (χ1) is 9.03. The molecule has 1 aromatic heterocycles. The third kappa shape index (κ3) is 4.36. The summed E-state index contributed by atoms with van der Waals surface area (Å²) in [6.07, 6.45) is 0. The van der Waals surface area contributed by atoms with E-state index in [9.17, 15) is 0 Å². The summed E-state index contributed by atoms with van der Waals surface area (Å²) in [6.45, 7) is 10.2. The zero-order chi connectivity index (χ0) is 14.4. The van der Waals surface area contributed by atoms with Crippen LogP contribution in [0.5, 0.6) is 0 Å². The van der Waals surface area contributed by atoms with Gasteiger partial charge in [-0.2, -0.15) is 0 Å². The average Bonchev–Trinajstić information content (AvgIpc) is 2.39. The fourth-order valence-corrected chi connectivity index (χ4v) is 2.30. The van der Waals surface area contributed by atoms with E-state index in [1.165, 1.54) is 0 Å². The topological polar surface area (TPSA) is 25.4 Å². The Morgan fingerprint density at radius 3 is 2.47 bits per heavy atom. The standard InChI is InChI=1S/C15H25ClN2O/c1-6-18(12(4)10-19-5)15-8-13(9-16)7-14(17-15)11(2)3/h7-8,11-12H,6,9-10H2,1-5H3. The number of halogens is 1. The molecule has 0 amide bonds. The number of likely N-dealkylation sites (N-methyl/N-ethyl adjacent to an activating group) is 1. The quantitative estimate of drug-likeness (QED) is 0.712. The summed E-state index contributed by atoms with van der Waals surface area (Å²) >= 11 is 5.99. The van der Waals surface area contributed by atoms with Crippen molar-refractivity contribution in [3.63, 3.8) is 0 Å². The summed E-state index contributed by atoms with van der Waals surface area (Å²) in [5, 5.41) is 0. The van der Waals surface area contributed by atoms with Crippen molar-refractivity contribution in [3.8, 4) is 0 Å². The van der Waals surface area contributed by atoms with Gasteiger partial charge in [0.05, 0.1) is 12.6 Å². The van der Waals surface area contributed by atoms with Crippen LogP contribution in [0.25, 0.3) is 0 Å². The van der Waals surface area contributed by atoms with Crippen LogP contribution in [0.3, 0.4) is 0 Å². The van der Waals surface area contributed by atoms with E-state index in [1.807, 2.05) is 0 Å². The molecule has 0 aliphatic heterocycles. The summed E-state index contributed by atoms with van der Waals surface area (Å²) in [5.41, 5.74) is 2.22. The number of hydrogen-bond donors (Lipinski definition) is 0.